The second-order valence-corrected chi connectivity index (χ2v) is 10.3. The van der Waals surface area contributed by atoms with Gasteiger partial charge in [-0.25, -0.2) is 0 Å². The van der Waals surface area contributed by atoms with E-state index in [1.54, 1.807) is 0 Å². The zero-order valence-electron chi connectivity index (χ0n) is 21.4. The highest BCUT2D eigenvalue weighted by Crippen LogP contribution is 2.24. The van der Waals surface area contributed by atoms with Crippen LogP contribution in [-0.4, -0.2) is 0 Å². The van der Waals surface area contributed by atoms with Gasteiger partial charge in [0.15, 0.2) is 0 Å². The third-order valence-electron chi connectivity index (χ3n) is 6.87. The van der Waals surface area contributed by atoms with Gasteiger partial charge in [-0.3, -0.25) is 0 Å². The lowest BCUT2D eigenvalue weighted by Gasteiger charge is -2.17. The summed E-state index contributed by atoms with van der Waals surface area (Å²) >= 11 is 0. The molecule has 0 saturated heterocycles. The van der Waals surface area contributed by atoms with Gasteiger partial charge < -0.3 is 0 Å². The monoisotopic (exact) mass is 406 g/mol. The second-order valence-electron chi connectivity index (χ2n) is 10.3. The van der Waals surface area contributed by atoms with Crippen molar-refractivity contribution in [3.63, 3.8) is 0 Å². The Balaban J connectivity index is 3.53. The Morgan fingerprint density at radius 1 is 0.552 bits per heavy atom. The minimum Gasteiger partial charge on any atom is -0.0999 e. The summed E-state index contributed by atoms with van der Waals surface area (Å²) in [6, 6.07) is 0. The van der Waals surface area contributed by atoms with E-state index in [0.29, 0.717) is 0 Å². The molecule has 0 spiro atoms. The summed E-state index contributed by atoms with van der Waals surface area (Å²) in [4.78, 5) is 0. The fourth-order valence-electron chi connectivity index (χ4n) is 5.08. The van der Waals surface area contributed by atoms with E-state index in [1.807, 2.05) is 0 Å². The van der Waals surface area contributed by atoms with Crippen LogP contribution in [0.3, 0.4) is 0 Å². The summed E-state index contributed by atoms with van der Waals surface area (Å²) in [5.41, 5.74) is 1.52. The van der Waals surface area contributed by atoms with Crippen LogP contribution in [-0.2, 0) is 0 Å². The van der Waals surface area contributed by atoms with Gasteiger partial charge >= 0.3 is 0 Å². The highest BCUT2D eigenvalue weighted by atomic mass is 14.1. The molecule has 0 heterocycles. The first-order valence-electron chi connectivity index (χ1n) is 13.7. The zero-order valence-corrected chi connectivity index (χ0v) is 21.4. The summed E-state index contributed by atoms with van der Waals surface area (Å²) in [6.45, 7) is 16.3. The van der Waals surface area contributed by atoms with E-state index in [0.717, 1.165) is 17.8 Å². The Bertz CT molecular complexity index is 336. The van der Waals surface area contributed by atoms with Crippen molar-refractivity contribution < 1.29 is 0 Å². The number of unbranched alkanes of at least 4 members (excludes halogenated alkanes) is 6. The Morgan fingerprint density at radius 3 is 1.66 bits per heavy atom. The Kier molecular flexibility index (Phi) is 20.8. The minimum atomic E-state index is 0.927. The lowest BCUT2D eigenvalue weighted by molar-refractivity contribution is 0.358. The van der Waals surface area contributed by atoms with Gasteiger partial charge in [0.2, 0.25) is 0 Å². The molecule has 0 aliphatic carbocycles. The van der Waals surface area contributed by atoms with Gasteiger partial charge in [0, 0.05) is 0 Å². The molecule has 0 nitrogen and oxygen atoms in total. The lowest BCUT2D eigenvalue weighted by atomic mass is 9.89. The standard InChI is InChI=1S/C29H58/c1-7-10-14-21-27(5)25-28(6)22-16-13-11-12-15-20-26(4)23-17-24-29(18-8-2)19-9-3/h27-29H,4,7-25H2,1-3,5-6H3. The van der Waals surface area contributed by atoms with Gasteiger partial charge in [-0.15, -0.1) is 0 Å². The fourth-order valence-corrected chi connectivity index (χ4v) is 5.08. The van der Waals surface area contributed by atoms with Crippen molar-refractivity contribution in [2.75, 3.05) is 0 Å². The van der Waals surface area contributed by atoms with Crippen molar-refractivity contribution in [2.45, 2.75) is 157 Å². The summed E-state index contributed by atoms with van der Waals surface area (Å²) in [7, 11) is 0. The Hall–Kier alpha value is -0.260. The largest absolute Gasteiger partial charge is 0.0999 e. The highest BCUT2D eigenvalue weighted by molar-refractivity contribution is 4.93. The molecule has 0 saturated carbocycles. The summed E-state index contributed by atoms with van der Waals surface area (Å²) < 4.78 is 0. The van der Waals surface area contributed by atoms with Crippen LogP contribution in [0.15, 0.2) is 12.2 Å². The first-order valence-corrected chi connectivity index (χ1v) is 13.7. The molecule has 0 aliphatic heterocycles. The molecule has 29 heavy (non-hydrogen) atoms. The molecular formula is C29H58. The van der Waals surface area contributed by atoms with Crippen LogP contribution in [0.25, 0.3) is 0 Å². The molecule has 174 valence electrons. The summed E-state index contributed by atoms with van der Waals surface area (Å²) in [5, 5.41) is 0. The van der Waals surface area contributed by atoms with Crippen molar-refractivity contribution in [2.24, 2.45) is 17.8 Å². The van der Waals surface area contributed by atoms with Crippen LogP contribution in [0, 0.1) is 17.8 Å². The first kappa shape index (κ1) is 28.7. The van der Waals surface area contributed by atoms with Crippen LogP contribution in [0.1, 0.15) is 157 Å². The molecular weight excluding hydrogens is 348 g/mol. The third-order valence-corrected chi connectivity index (χ3v) is 6.87. The molecule has 0 radical (unpaired) electrons. The molecule has 0 amide bonds. The Labute approximate surface area is 186 Å². The quantitative estimate of drug-likeness (QED) is 0.124. The van der Waals surface area contributed by atoms with Crippen molar-refractivity contribution in [1.82, 2.24) is 0 Å². The van der Waals surface area contributed by atoms with E-state index in [9.17, 15) is 0 Å². The second kappa shape index (κ2) is 21.0. The van der Waals surface area contributed by atoms with Gasteiger partial charge in [0.1, 0.15) is 0 Å². The first-order chi connectivity index (χ1) is 14.0. The SMILES string of the molecule is C=C(CCCCCCCC(C)CC(C)CCCCC)CCCC(CCC)CCC. The maximum absolute atomic E-state index is 4.35. The third kappa shape index (κ3) is 19.4. The van der Waals surface area contributed by atoms with E-state index in [2.05, 4.69) is 41.2 Å². The molecule has 0 aromatic carbocycles. The van der Waals surface area contributed by atoms with Crippen molar-refractivity contribution >= 4 is 0 Å². The smallest absolute Gasteiger partial charge is 0.0323 e. The van der Waals surface area contributed by atoms with Crippen LogP contribution < -0.4 is 0 Å². The van der Waals surface area contributed by atoms with Crippen molar-refractivity contribution in [1.29, 1.82) is 0 Å². The Morgan fingerprint density at radius 2 is 1.07 bits per heavy atom. The minimum absolute atomic E-state index is 0.927. The number of hydrogen-bond donors (Lipinski definition) is 0. The van der Waals surface area contributed by atoms with Gasteiger partial charge in [0.05, 0.1) is 0 Å². The maximum atomic E-state index is 4.35. The molecule has 0 N–H and O–H groups in total. The number of allylic oxidation sites excluding steroid dienone is 1. The van der Waals surface area contributed by atoms with E-state index in [-0.39, 0.29) is 0 Å². The van der Waals surface area contributed by atoms with Crippen LogP contribution >= 0.6 is 0 Å². The van der Waals surface area contributed by atoms with Crippen molar-refractivity contribution in [3.8, 4) is 0 Å². The van der Waals surface area contributed by atoms with E-state index in [4.69, 9.17) is 0 Å². The van der Waals surface area contributed by atoms with Crippen LogP contribution in [0.4, 0.5) is 0 Å². The normalized spacial score (nSPS) is 13.7. The molecule has 2 atom stereocenters. The molecule has 2 unspecified atom stereocenters. The highest BCUT2D eigenvalue weighted by Gasteiger charge is 2.09. The van der Waals surface area contributed by atoms with Gasteiger partial charge in [-0.05, 0) is 49.9 Å². The number of rotatable bonds is 22. The zero-order chi connectivity index (χ0) is 21.7. The maximum Gasteiger partial charge on any atom is -0.0323 e. The van der Waals surface area contributed by atoms with Gasteiger partial charge in [0.25, 0.3) is 0 Å². The van der Waals surface area contributed by atoms with Gasteiger partial charge in [-0.1, -0.05) is 137 Å². The van der Waals surface area contributed by atoms with E-state index >= 15 is 0 Å². The molecule has 0 aromatic heterocycles. The number of hydrogen-bond acceptors (Lipinski definition) is 0. The van der Waals surface area contributed by atoms with E-state index in [1.165, 1.54) is 128 Å². The molecule has 0 rings (SSSR count). The van der Waals surface area contributed by atoms with Crippen LogP contribution in [0.5, 0.6) is 0 Å². The average molecular weight is 407 g/mol. The summed E-state index contributed by atoms with van der Waals surface area (Å²) in [5.74, 6) is 2.83. The van der Waals surface area contributed by atoms with Crippen molar-refractivity contribution in [3.05, 3.63) is 12.2 Å². The van der Waals surface area contributed by atoms with Gasteiger partial charge in [-0.2, -0.15) is 0 Å². The molecule has 0 fully saturated rings. The average Bonchev–Trinajstić information content (AvgIpc) is 2.67. The molecule has 0 aliphatic rings. The predicted molar refractivity (Wildman–Crippen MR) is 136 cm³/mol. The lowest BCUT2D eigenvalue weighted by Crippen LogP contribution is -2.03. The predicted octanol–water partition coefficient (Wildman–Crippen LogP) is 10.9. The van der Waals surface area contributed by atoms with Crippen LogP contribution in [0.2, 0.25) is 0 Å². The molecule has 0 aromatic rings. The van der Waals surface area contributed by atoms with E-state index < -0.39 is 0 Å². The topological polar surface area (TPSA) is 0 Å². The summed E-state index contributed by atoms with van der Waals surface area (Å²) in [6.07, 6.45) is 26.6. The molecule has 0 bridgehead atoms. The molecule has 0 heteroatoms. The fraction of sp³-hybridized carbons (Fsp3) is 0.931.